The van der Waals surface area contributed by atoms with Gasteiger partial charge in [-0.1, -0.05) is 101 Å². The summed E-state index contributed by atoms with van der Waals surface area (Å²) in [5, 5.41) is 18.9. The zero-order valence-electron chi connectivity index (χ0n) is 38.6. The fourth-order valence-electron chi connectivity index (χ4n) is 6.90. The smallest absolute Gasteiger partial charge is 0.327 e. The molecule has 0 saturated heterocycles. The van der Waals surface area contributed by atoms with E-state index in [1.54, 1.807) is 4.90 Å². The minimum absolute atomic E-state index is 0. The maximum absolute atomic E-state index is 13.9. The summed E-state index contributed by atoms with van der Waals surface area (Å²) in [7, 11) is -2.29. The fourth-order valence-corrected chi connectivity index (χ4v) is 7.20. The Morgan fingerprint density at radius 3 is 1.94 bits per heavy atom. The number of para-hydroxylation sites is 1. The molecule has 1 heterocycles. The summed E-state index contributed by atoms with van der Waals surface area (Å²) < 4.78 is 4.75. The van der Waals surface area contributed by atoms with Crippen LogP contribution in [0, 0.1) is 5.92 Å². The predicted octanol–water partition coefficient (Wildman–Crippen LogP) is 6.21. The van der Waals surface area contributed by atoms with Gasteiger partial charge in [-0.15, -0.1) is 0 Å². The number of aliphatic carboxylic acids is 1. The molecule has 2 aromatic carbocycles. The van der Waals surface area contributed by atoms with Crippen LogP contribution in [0.3, 0.4) is 0 Å². The first-order chi connectivity index (χ1) is 30.8. The number of carbonyl (C=O) groups is 5. The number of nitrogens with one attached hydrogen (secondary N) is 4. The number of primary amides is 1. The number of carboxylic acids is 1. The van der Waals surface area contributed by atoms with Crippen molar-refractivity contribution in [3.63, 3.8) is 0 Å². The molecule has 1 atom stereocenters. The third-order valence-corrected chi connectivity index (χ3v) is 10.5. The zero-order chi connectivity index (χ0) is 47.5. The van der Waals surface area contributed by atoms with Gasteiger partial charge in [-0.05, 0) is 62.6 Å². The topological polar surface area (TPSA) is 296 Å². The fraction of sp³-hybridized carbons (Fsp3) is 0.587. The van der Waals surface area contributed by atoms with Crippen LogP contribution in [0.1, 0.15) is 140 Å². The summed E-state index contributed by atoms with van der Waals surface area (Å²) in [5.41, 5.74) is 27.9. The summed E-state index contributed by atoms with van der Waals surface area (Å²) in [6, 6.07) is 15.7. The number of hydrogen-bond acceptors (Lipinski definition) is 11. The van der Waals surface area contributed by atoms with Gasteiger partial charge < -0.3 is 63.2 Å². The van der Waals surface area contributed by atoms with Crippen LogP contribution < -0.4 is 38.1 Å². The number of unbranched alkanes of at least 4 members (excludes halogenated alkanes) is 8. The van der Waals surface area contributed by atoms with Crippen molar-refractivity contribution in [3.05, 3.63) is 71.0 Å². The Kier molecular flexibility index (Phi) is 36.5. The second kappa shape index (κ2) is 38.6. The van der Waals surface area contributed by atoms with Crippen LogP contribution in [0.5, 0.6) is 0 Å². The van der Waals surface area contributed by atoms with Gasteiger partial charge in [0.2, 0.25) is 24.1 Å². The average molecular weight is 1010 g/mol. The van der Waals surface area contributed by atoms with Gasteiger partial charge in [-0.3, -0.25) is 24.0 Å². The standard InChI is InChI=1S/C42H64N6O8P.C3H9N.CH3NO.Y/c43-26-12-3-5-17-32(42(52)53)18-11-15-28-46-38(50)24-25-39(51)48-31-33-19-7-8-20-34(33)40(44)41(35-21-9-10-22-36(35)48)47-29-14-4-6-23-37(49)45-27-13-1-2-16-30-56-57(54)55;1-3(2)4;2-1-3;/h7-10,19-22,32,43,47,54-55H,1-6,11-18,23-31,44H2,(H,45,49)(H,46,50)(H,52,53);3H,4H2,1-2H3;1H,(H2,2,3);/q-1;;;/b41-40-;;;. The van der Waals surface area contributed by atoms with Crippen LogP contribution >= 0.6 is 8.60 Å². The third-order valence-electron chi connectivity index (χ3n) is 10.1. The molecule has 2 aromatic rings. The van der Waals surface area contributed by atoms with E-state index in [1.165, 1.54) is 0 Å². The van der Waals surface area contributed by atoms with Gasteiger partial charge >= 0.3 is 14.6 Å². The van der Waals surface area contributed by atoms with Crippen molar-refractivity contribution < 1.29 is 76.1 Å². The molecule has 0 aliphatic carbocycles. The Morgan fingerprint density at radius 1 is 0.785 bits per heavy atom. The van der Waals surface area contributed by atoms with Gasteiger partial charge in [-0.2, -0.15) is 6.54 Å². The molecule has 1 aliphatic heterocycles. The molecule has 13 N–H and O–H groups in total. The van der Waals surface area contributed by atoms with Crippen LogP contribution in [0.15, 0.2) is 48.5 Å². The van der Waals surface area contributed by atoms with Crippen LogP contribution in [-0.2, 0) is 67.8 Å². The number of amides is 4. The number of anilines is 1. The first kappa shape index (κ1) is 61.5. The van der Waals surface area contributed by atoms with Gasteiger partial charge in [0.15, 0.2) is 0 Å². The van der Waals surface area contributed by atoms with Crippen LogP contribution in [0.4, 0.5) is 5.69 Å². The van der Waals surface area contributed by atoms with E-state index in [0.29, 0.717) is 88.9 Å². The molecule has 0 spiro atoms. The molecule has 17 nitrogen and oxygen atoms in total. The zero-order valence-corrected chi connectivity index (χ0v) is 42.3. The minimum Gasteiger partial charge on any atom is -0.677 e. The molecule has 0 aromatic heterocycles. The molecule has 65 heavy (non-hydrogen) atoms. The van der Waals surface area contributed by atoms with Gasteiger partial charge in [0.05, 0.1) is 36.2 Å². The SMILES string of the molecule is CC(C)N.NC=O.[NH-]CCCCCC(CCCCNC(=O)CCC(=O)N1Cc2ccccc2/C(N)=C(/NCCCCCC(=O)NCCCCCCOP(O)O)c2ccccc21)C(=O)O.[Y]. The number of rotatable bonds is 29. The number of carboxylic acid groups (broad SMARTS) is 1. The molecule has 1 aliphatic rings. The van der Waals surface area contributed by atoms with E-state index in [-0.39, 0.29) is 69.7 Å². The minimum atomic E-state index is -2.29. The van der Waals surface area contributed by atoms with Crippen molar-refractivity contribution in [2.24, 2.45) is 23.1 Å². The molecule has 1 radical (unpaired) electrons. The van der Waals surface area contributed by atoms with Crippen molar-refractivity contribution in [1.29, 1.82) is 0 Å². The van der Waals surface area contributed by atoms with E-state index in [1.807, 2.05) is 62.4 Å². The van der Waals surface area contributed by atoms with Gasteiger partial charge in [0.1, 0.15) is 0 Å². The number of carbonyl (C=O) groups excluding carboxylic acids is 4. The van der Waals surface area contributed by atoms with E-state index >= 15 is 0 Å². The number of nitrogens with two attached hydrogens (primary N) is 3. The molecule has 1 unspecified atom stereocenters. The molecular weight excluding hydrogens is 928 g/mol. The molecule has 3 rings (SSSR count). The second-order valence-corrected chi connectivity index (χ2v) is 16.7. The summed E-state index contributed by atoms with van der Waals surface area (Å²) >= 11 is 0. The quantitative estimate of drug-likeness (QED) is 0.0250. The van der Waals surface area contributed by atoms with Crippen molar-refractivity contribution in [1.82, 2.24) is 16.0 Å². The Bertz CT molecular complexity index is 1690. The van der Waals surface area contributed by atoms with Crippen molar-refractivity contribution in [2.75, 3.05) is 37.7 Å². The predicted molar refractivity (Wildman–Crippen MR) is 255 cm³/mol. The molecule has 0 bridgehead atoms. The van der Waals surface area contributed by atoms with Crippen LogP contribution in [0.2, 0.25) is 0 Å². The summed E-state index contributed by atoms with van der Waals surface area (Å²) in [6.45, 7) is 6.52. The number of fused-ring (bicyclic) bond motifs is 2. The van der Waals surface area contributed by atoms with Crippen molar-refractivity contribution in [3.8, 4) is 0 Å². The molecule has 4 amide bonds. The monoisotopic (exact) mass is 1000 g/mol. The van der Waals surface area contributed by atoms with Crippen molar-refractivity contribution >= 4 is 55.8 Å². The summed E-state index contributed by atoms with van der Waals surface area (Å²) in [6.07, 6.45) is 11.5. The number of benzene rings is 2. The van der Waals surface area contributed by atoms with Gasteiger partial charge in [0.25, 0.3) is 0 Å². The van der Waals surface area contributed by atoms with E-state index in [9.17, 15) is 24.3 Å². The first-order valence-electron chi connectivity index (χ1n) is 22.6. The average Bonchev–Trinajstić information content (AvgIpc) is 3.25. The Labute approximate surface area is 412 Å². The Hall–Kier alpha value is -3.54. The largest absolute Gasteiger partial charge is 0.677 e. The maximum Gasteiger partial charge on any atom is 0.327 e. The molecular formula is C46H76N8O9PY-. The van der Waals surface area contributed by atoms with Crippen molar-refractivity contribution in [2.45, 2.75) is 136 Å². The van der Waals surface area contributed by atoms with E-state index in [2.05, 4.69) is 21.7 Å². The van der Waals surface area contributed by atoms with Crippen LogP contribution in [-0.4, -0.2) is 83.8 Å². The van der Waals surface area contributed by atoms with Gasteiger partial charge in [-0.25, -0.2) is 0 Å². The number of nitrogens with zero attached hydrogens (tertiary/aromatic N) is 1. The van der Waals surface area contributed by atoms with E-state index < -0.39 is 20.5 Å². The van der Waals surface area contributed by atoms with Crippen LogP contribution in [0.25, 0.3) is 17.1 Å². The normalized spacial score (nSPS) is 13.3. The molecule has 0 fully saturated rings. The molecule has 0 saturated carbocycles. The number of hydrogen-bond donors (Lipinski definition) is 9. The van der Waals surface area contributed by atoms with E-state index in [0.717, 1.165) is 86.6 Å². The van der Waals surface area contributed by atoms with E-state index in [4.69, 9.17) is 36.3 Å². The Morgan fingerprint density at radius 2 is 1.31 bits per heavy atom. The first-order valence-corrected chi connectivity index (χ1v) is 23.8. The summed E-state index contributed by atoms with van der Waals surface area (Å²) in [4.78, 5) is 78.4. The third kappa shape index (κ3) is 28.3. The molecule has 363 valence electrons. The maximum atomic E-state index is 13.9. The second-order valence-electron chi connectivity index (χ2n) is 15.9. The summed E-state index contributed by atoms with van der Waals surface area (Å²) in [5.74, 6) is -1.58. The van der Waals surface area contributed by atoms with Gasteiger partial charge in [0, 0.05) is 82.7 Å². The Balaban J connectivity index is 0.00000477. The molecule has 19 heteroatoms.